The first-order chi connectivity index (χ1) is 12.4. The molecule has 0 spiro atoms. The summed E-state index contributed by atoms with van der Waals surface area (Å²) in [4.78, 5) is 16.8. The zero-order valence-corrected chi connectivity index (χ0v) is 17.9. The second kappa shape index (κ2) is 6.92. The molecule has 0 radical (unpaired) electrons. The normalized spacial score (nSPS) is 22.0. The number of anilines is 1. The van der Waals surface area contributed by atoms with E-state index in [1.54, 1.807) is 0 Å². The number of aryl methyl sites for hydroxylation is 1. The van der Waals surface area contributed by atoms with E-state index in [1.165, 1.54) is 28.7 Å². The molecule has 4 rings (SSSR count). The number of hydrogen-bond acceptors (Lipinski definition) is 5. The molecule has 4 nitrogen and oxygen atoms in total. The van der Waals surface area contributed by atoms with Crippen LogP contribution in [-0.2, 0) is 12.8 Å². The van der Waals surface area contributed by atoms with Gasteiger partial charge >= 0.3 is 0 Å². The topological polar surface area (TPSA) is 32.3 Å². The molecule has 0 aromatic carbocycles. The minimum absolute atomic E-state index is 0.358. The van der Waals surface area contributed by atoms with Gasteiger partial charge in [-0.25, -0.2) is 4.98 Å². The molecule has 1 atom stereocenters. The van der Waals surface area contributed by atoms with Crippen molar-refractivity contribution in [3.05, 3.63) is 15.7 Å². The van der Waals surface area contributed by atoms with E-state index in [2.05, 4.69) is 42.5 Å². The van der Waals surface area contributed by atoms with Crippen LogP contribution < -0.4 is 4.90 Å². The molecule has 142 valence electrons. The van der Waals surface area contributed by atoms with Crippen molar-refractivity contribution in [3.8, 4) is 0 Å². The van der Waals surface area contributed by atoms with Crippen LogP contribution in [0.3, 0.4) is 0 Å². The molecule has 1 unspecified atom stereocenters. The van der Waals surface area contributed by atoms with E-state index in [4.69, 9.17) is 16.6 Å². The van der Waals surface area contributed by atoms with Crippen molar-refractivity contribution in [2.75, 3.05) is 37.6 Å². The van der Waals surface area contributed by atoms with Crippen molar-refractivity contribution in [2.24, 2.45) is 11.3 Å². The molecule has 2 aromatic rings. The van der Waals surface area contributed by atoms with Gasteiger partial charge in [0, 0.05) is 31.1 Å². The van der Waals surface area contributed by atoms with E-state index in [9.17, 15) is 0 Å². The average molecular weight is 393 g/mol. The lowest BCUT2D eigenvalue weighted by Gasteiger charge is -2.36. The Balaban J connectivity index is 1.72. The number of halogens is 1. The van der Waals surface area contributed by atoms with E-state index in [0.717, 1.165) is 55.7 Å². The summed E-state index contributed by atoms with van der Waals surface area (Å²) >= 11 is 8.16. The van der Waals surface area contributed by atoms with Gasteiger partial charge in [-0.3, -0.25) is 0 Å². The zero-order valence-electron chi connectivity index (χ0n) is 16.3. The maximum Gasteiger partial charge on any atom is 0.225 e. The first-order valence-corrected chi connectivity index (χ1v) is 11.0. The molecule has 0 bridgehead atoms. The summed E-state index contributed by atoms with van der Waals surface area (Å²) in [7, 11) is 0. The van der Waals surface area contributed by atoms with Crippen LogP contribution >= 0.6 is 22.9 Å². The van der Waals surface area contributed by atoms with Gasteiger partial charge in [0.15, 0.2) is 0 Å². The van der Waals surface area contributed by atoms with Gasteiger partial charge in [-0.2, -0.15) is 4.98 Å². The summed E-state index contributed by atoms with van der Waals surface area (Å²) in [6, 6.07) is 0. The van der Waals surface area contributed by atoms with Crippen LogP contribution in [0.15, 0.2) is 0 Å². The van der Waals surface area contributed by atoms with E-state index < -0.39 is 0 Å². The SMILES string of the molecule is CCN1CCN(c2nc(Cl)nc3sc4c(c23)CCC(C(C)(C)C)C4)CC1. The Labute approximate surface area is 165 Å². The maximum absolute atomic E-state index is 6.31. The van der Waals surface area contributed by atoms with Crippen molar-refractivity contribution in [1.82, 2.24) is 14.9 Å². The van der Waals surface area contributed by atoms with Gasteiger partial charge in [0.2, 0.25) is 5.28 Å². The number of aromatic nitrogens is 2. The lowest BCUT2D eigenvalue weighted by Crippen LogP contribution is -2.46. The highest BCUT2D eigenvalue weighted by molar-refractivity contribution is 7.19. The summed E-state index contributed by atoms with van der Waals surface area (Å²) in [5.74, 6) is 1.81. The van der Waals surface area contributed by atoms with Crippen molar-refractivity contribution in [2.45, 2.75) is 47.0 Å². The van der Waals surface area contributed by atoms with E-state index in [1.807, 2.05) is 11.3 Å². The van der Waals surface area contributed by atoms with Gasteiger partial charge in [0.1, 0.15) is 10.6 Å². The Morgan fingerprint density at radius 2 is 1.88 bits per heavy atom. The first-order valence-electron chi connectivity index (χ1n) is 9.82. The number of likely N-dealkylation sites (N-methyl/N-ethyl adjacent to an activating group) is 1. The lowest BCUT2D eigenvalue weighted by atomic mass is 9.72. The molecule has 1 saturated heterocycles. The standard InChI is InChI=1S/C20H29ClN4S/c1-5-24-8-10-25(11-9-24)17-16-14-7-6-13(20(2,3)4)12-15(14)26-18(16)23-19(21)22-17/h13H,5-12H2,1-4H3. The maximum atomic E-state index is 6.31. The van der Waals surface area contributed by atoms with Crippen molar-refractivity contribution >= 4 is 39.0 Å². The predicted molar refractivity (Wildman–Crippen MR) is 112 cm³/mol. The molecule has 0 saturated carbocycles. The predicted octanol–water partition coefficient (Wildman–Crippen LogP) is 4.64. The highest BCUT2D eigenvalue weighted by Crippen LogP contribution is 2.45. The third-order valence-corrected chi connectivity index (χ3v) is 7.52. The number of hydrogen-bond donors (Lipinski definition) is 0. The Bertz CT molecular complexity index is 802. The molecule has 26 heavy (non-hydrogen) atoms. The monoisotopic (exact) mass is 392 g/mol. The smallest absolute Gasteiger partial charge is 0.225 e. The summed E-state index contributed by atoms with van der Waals surface area (Å²) in [6.07, 6.45) is 3.57. The van der Waals surface area contributed by atoms with Gasteiger partial charge in [-0.1, -0.05) is 27.7 Å². The van der Waals surface area contributed by atoms with Crippen LogP contribution in [0.1, 0.15) is 44.6 Å². The Kier molecular flexibility index (Phi) is 4.91. The number of rotatable bonds is 2. The van der Waals surface area contributed by atoms with Crippen molar-refractivity contribution in [3.63, 3.8) is 0 Å². The third kappa shape index (κ3) is 3.34. The van der Waals surface area contributed by atoms with Crippen LogP contribution in [0.2, 0.25) is 5.28 Å². The quantitative estimate of drug-likeness (QED) is 0.697. The van der Waals surface area contributed by atoms with Crippen LogP contribution in [0.5, 0.6) is 0 Å². The zero-order chi connectivity index (χ0) is 18.5. The first kappa shape index (κ1) is 18.5. The highest BCUT2D eigenvalue weighted by atomic mass is 35.5. The van der Waals surface area contributed by atoms with Crippen LogP contribution in [0.25, 0.3) is 10.2 Å². The molecule has 1 aliphatic carbocycles. The number of piperazine rings is 1. The van der Waals surface area contributed by atoms with Crippen LogP contribution in [0.4, 0.5) is 5.82 Å². The fourth-order valence-electron chi connectivity index (χ4n) is 4.38. The fraction of sp³-hybridized carbons (Fsp3) is 0.700. The number of fused-ring (bicyclic) bond motifs is 3. The van der Waals surface area contributed by atoms with Gasteiger partial charge in [-0.05, 0) is 54.3 Å². The molecule has 2 aromatic heterocycles. The summed E-state index contributed by atoms with van der Waals surface area (Å²) < 4.78 is 0. The molecule has 2 aliphatic rings. The molecule has 1 aliphatic heterocycles. The molecule has 6 heteroatoms. The molecular weight excluding hydrogens is 364 g/mol. The van der Waals surface area contributed by atoms with Gasteiger partial charge in [0.05, 0.1) is 5.39 Å². The van der Waals surface area contributed by atoms with Crippen molar-refractivity contribution < 1.29 is 0 Å². The Morgan fingerprint density at radius 3 is 2.54 bits per heavy atom. The second-order valence-electron chi connectivity index (χ2n) is 8.73. The summed E-state index contributed by atoms with van der Waals surface area (Å²) in [6.45, 7) is 14.7. The Hall–Kier alpha value is -0.910. The van der Waals surface area contributed by atoms with Crippen molar-refractivity contribution in [1.29, 1.82) is 0 Å². The largest absolute Gasteiger partial charge is 0.353 e. The van der Waals surface area contributed by atoms with E-state index >= 15 is 0 Å². The van der Waals surface area contributed by atoms with Gasteiger partial charge < -0.3 is 9.80 Å². The van der Waals surface area contributed by atoms with E-state index in [0.29, 0.717) is 10.7 Å². The Morgan fingerprint density at radius 1 is 1.15 bits per heavy atom. The second-order valence-corrected chi connectivity index (χ2v) is 10.1. The minimum Gasteiger partial charge on any atom is -0.353 e. The molecule has 0 N–H and O–H groups in total. The van der Waals surface area contributed by atoms with Crippen LogP contribution in [0, 0.1) is 11.3 Å². The lowest BCUT2D eigenvalue weighted by molar-refractivity contribution is 0.218. The van der Waals surface area contributed by atoms with Gasteiger partial charge in [0.25, 0.3) is 0 Å². The average Bonchev–Trinajstić information content (AvgIpc) is 2.97. The van der Waals surface area contributed by atoms with E-state index in [-0.39, 0.29) is 0 Å². The minimum atomic E-state index is 0.358. The van der Waals surface area contributed by atoms with Crippen LogP contribution in [-0.4, -0.2) is 47.6 Å². The highest BCUT2D eigenvalue weighted by Gasteiger charge is 2.32. The molecular formula is C20H29ClN4S. The number of nitrogens with zero attached hydrogens (tertiary/aromatic N) is 4. The fourth-order valence-corrected chi connectivity index (χ4v) is 5.89. The summed E-state index contributed by atoms with van der Waals surface area (Å²) in [5, 5.41) is 1.67. The molecule has 1 fully saturated rings. The summed E-state index contributed by atoms with van der Waals surface area (Å²) in [5.41, 5.74) is 1.85. The number of thiophene rings is 1. The van der Waals surface area contributed by atoms with Gasteiger partial charge in [-0.15, -0.1) is 11.3 Å². The molecule has 0 amide bonds. The third-order valence-electron chi connectivity index (χ3n) is 6.21. The molecule has 3 heterocycles.